The summed E-state index contributed by atoms with van der Waals surface area (Å²) in [5.74, 6) is -0.299. The summed E-state index contributed by atoms with van der Waals surface area (Å²) < 4.78 is 28.4. The molecular weight excluding hydrogens is 362 g/mol. The topological polar surface area (TPSA) is 90.3 Å². The Morgan fingerprint density at radius 2 is 1.70 bits per heavy atom. The summed E-state index contributed by atoms with van der Waals surface area (Å²) >= 11 is 0. The molecule has 1 saturated carbocycles. The molecule has 1 heterocycles. The summed E-state index contributed by atoms with van der Waals surface area (Å²) in [6.07, 6.45) is 7.02. The number of carbonyl (C=O) groups excluding carboxylic acids is 1. The van der Waals surface area contributed by atoms with E-state index in [1.165, 1.54) is 24.3 Å². The van der Waals surface area contributed by atoms with Crippen LogP contribution in [0.5, 0.6) is 0 Å². The minimum atomic E-state index is -3.72. The summed E-state index contributed by atoms with van der Waals surface area (Å²) in [6.45, 7) is 1.11. The van der Waals surface area contributed by atoms with Gasteiger partial charge < -0.3 is 5.32 Å². The van der Waals surface area contributed by atoms with Gasteiger partial charge in [-0.15, -0.1) is 0 Å². The molecule has 1 N–H and O–H groups in total. The quantitative estimate of drug-likeness (QED) is 0.842. The number of nitriles is 1. The smallest absolute Gasteiger partial charge is 0.243 e. The molecule has 2 aliphatic rings. The van der Waals surface area contributed by atoms with Crippen molar-refractivity contribution in [2.75, 3.05) is 13.1 Å². The standard InChI is InChI=1S/C20H27N3O3S/c21-15-16-9-11-17(12-10-16)27(25,26)23-14-6-2-1-5-13-22-20(24)18-7-3-4-8-19(18)23/h9-12,18-19H,1-8,13-14H2,(H,22,24)/t18-,19+/m1/s1. The third-order valence-electron chi connectivity index (χ3n) is 5.63. The number of sulfonamides is 1. The molecule has 2 atom stereocenters. The maximum Gasteiger partial charge on any atom is 0.243 e. The lowest BCUT2D eigenvalue weighted by atomic mass is 9.83. The van der Waals surface area contributed by atoms with E-state index in [-0.39, 0.29) is 22.8 Å². The highest BCUT2D eigenvalue weighted by atomic mass is 32.2. The molecule has 146 valence electrons. The number of nitrogens with zero attached hydrogens (tertiary/aromatic N) is 2. The lowest BCUT2D eigenvalue weighted by Crippen LogP contribution is -2.51. The van der Waals surface area contributed by atoms with E-state index in [1.807, 2.05) is 6.07 Å². The third-order valence-corrected chi connectivity index (χ3v) is 7.57. The molecular formula is C20H27N3O3S. The normalized spacial score (nSPS) is 25.5. The molecule has 0 radical (unpaired) electrons. The highest BCUT2D eigenvalue weighted by molar-refractivity contribution is 7.89. The zero-order valence-corrected chi connectivity index (χ0v) is 16.4. The van der Waals surface area contributed by atoms with Crippen LogP contribution in [0.3, 0.4) is 0 Å². The molecule has 3 rings (SSSR count). The van der Waals surface area contributed by atoms with Gasteiger partial charge in [-0.2, -0.15) is 9.57 Å². The molecule has 27 heavy (non-hydrogen) atoms. The Morgan fingerprint density at radius 3 is 2.44 bits per heavy atom. The molecule has 6 nitrogen and oxygen atoms in total. The summed E-state index contributed by atoms with van der Waals surface area (Å²) in [5.41, 5.74) is 0.432. The van der Waals surface area contributed by atoms with Crippen LogP contribution in [0.2, 0.25) is 0 Å². The number of nitrogens with one attached hydrogen (secondary N) is 1. The van der Waals surface area contributed by atoms with Crippen LogP contribution in [0, 0.1) is 17.2 Å². The predicted octanol–water partition coefficient (Wildman–Crippen LogP) is 2.80. The number of amides is 1. The van der Waals surface area contributed by atoms with Gasteiger partial charge in [0.25, 0.3) is 0 Å². The van der Waals surface area contributed by atoms with Crippen molar-refractivity contribution in [3.63, 3.8) is 0 Å². The van der Waals surface area contributed by atoms with Crippen molar-refractivity contribution in [1.29, 1.82) is 5.26 Å². The van der Waals surface area contributed by atoms with Crippen molar-refractivity contribution in [2.24, 2.45) is 5.92 Å². The number of hydrogen-bond acceptors (Lipinski definition) is 4. The Morgan fingerprint density at radius 1 is 1.00 bits per heavy atom. The predicted molar refractivity (Wildman–Crippen MR) is 102 cm³/mol. The highest BCUT2D eigenvalue weighted by Gasteiger charge is 2.40. The lowest BCUT2D eigenvalue weighted by molar-refractivity contribution is -0.127. The Kier molecular flexibility index (Phi) is 6.51. The van der Waals surface area contributed by atoms with E-state index in [1.54, 1.807) is 4.31 Å². The van der Waals surface area contributed by atoms with Crippen molar-refractivity contribution >= 4 is 15.9 Å². The van der Waals surface area contributed by atoms with Gasteiger partial charge in [-0.3, -0.25) is 4.79 Å². The lowest BCUT2D eigenvalue weighted by Gasteiger charge is -2.38. The van der Waals surface area contributed by atoms with Gasteiger partial charge in [0, 0.05) is 19.1 Å². The van der Waals surface area contributed by atoms with Gasteiger partial charge >= 0.3 is 0 Å². The minimum Gasteiger partial charge on any atom is -0.356 e. The van der Waals surface area contributed by atoms with Crippen LogP contribution in [0.1, 0.15) is 56.9 Å². The second-order valence-corrected chi connectivity index (χ2v) is 9.31. The number of benzene rings is 1. The molecule has 1 aliphatic carbocycles. The molecule has 0 unspecified atom stereocenters. The fraction of sp³-hybridized carbons (Fsp3) is 0.600. The minimum absolute atomic E-state index is 0.0124. The van der Waals surface area contributed by atoms with E-state index in [4.69, 9.17) is 5.26 Å². The highest BCUT2D eigenvalue weighted by Crippen LogP contribution is 2.33. The Labute approximate surface area is 161 Å². The van der Waals surface area contributed by atoms with Crippen molar-refractivity contribution in [2.45, 2.75) is 62.3 Å². The first kappa shape index (κ1) is 19.8. The summed E-state index contributed by atoms with van der Waals surface area (Å²) in [4.78, 5) is 12.9. The van der Waals surface area contributed by atoms with Gasteiger partial charge in [0.2, 0.25) is 15.9 Å². The van der Waals surface area contributed by atoms with Crippen molar-refractivity contribution < 1.29 is 13.2 Å². The first-order chi connectivity index (χ1) is 13.0. The van der Waals surface area contributed by atoms with Gasteiger partial charge in [-0.05, 0) is 49.9 Å². The molecule has 7 heteroatoms. The van der Waals surface area contributed by atoms with E-state index in [0.29, 0.717) is 25.1 Å². The fourth-order valence-electron chi connectivity index (χ4n) is 4.15. The second kappa shape index (κ2) is 8.85. The van der Waals surface area contributed by atoms with Crippen molar-refractivity contribution in [1.82, 2.24) is 9.62 Å². The van der Waals surface area contributed by atoms with Crippen LogP contribution in [0.15, 0.2) is 29.2 Å². The van der Waals surface area contributed by atoms with Crippen LogP contribution in [-0.4, -0.2) is 37.8 Å². The monoisotopic (exact) mass is 389 g/mol. The molecule has 1 amide bonds. The summed E-state index contributed by atoms with van der Waals surface area (Å²) in [6, 6.07) is 7.78. The van der Waals surface area contributed by atoms with Gasteiger partial charge in [-0.1, -0.05) is 25.7 Å². The molecule has 0 spiro atoms. The van der Waals surface area contributed by atoms with Gasteiger partial charge in [-0.25, -0.2) is 8.42 Å². The molecule has 1 aromatic rings. The average molecular weight is 390 g/mol. The van der Waals surface area contributed by atoms with E-state index >= 15 is 0 Å². The number of hydrogen-bond donors (Lipinski definition) is 1. The molecule has 0 bridgehead atoms. The molecule has 1 aliphatic heterocycles. The molecule has 2 fully saturated rings. The summed E-state index contributed by atoms with van der Waals surface area (Å²) in [7, 11) is -3.72. The van der Waals surface area contributed by atoms with Gasteiger partial charge in [0.1, 0.15) is 0 Å². The number of rotatable bonds is 2. The maximum absolute atomic E-state index is 13.4. The largest absolute Gasteiger partial charge is 0.356 e. The SMILES string of the molecule is N#Cc1ccc(S(=O)(=O)N2CCCCCCNC(=O)[C@@H]3CCCC[C@@H]32)cc1. The Balaban J connectivity index is 1.96. The van der Waals surface area contributed by atoms with Crippen LogP contribution >= 0.6 is 0 Å². The number of fused-ring (bicyclic) bond motifs is 1. The maximum atomic E-state index is 13.4. The molecule has 0 aromatic heterocycles. The third kappa shape index (κ3) is 4.50. The zero-order chi connectivity index (χ0) is 19.3. The summed E-state index contributed by atoms with van der Waals surface area (Å²) in [5, 5.41) is 12.0. The van der Waals surface area contributed by atoms with E-state index in [0.717, 1.165) is 44.9 Å². The van der Waals surface area contributed by atoms with Crippen LogP contribution in [-0.2, 0) is 14.8 Å². The second-order valence-electron chi connectivity index (χ2n) is 7.42. The van der Waals surface area contributed by atoms with Crippen LogP contribution in [0.4, 0.5) is 0 Å². The Hall–Kier alpha value is -1.91. The van der Waals surface area contributed by atoms with E-state index in [9.17, 15) is 13.2 Å². The van der Waals surface area contributed by atoms with Crippen LogP contribution < -0.4 is 5.32 Å². The average Bonchev–Trinajstić information content (AvgIpc) is 2.73. The first-order valence-corrected chi connectivity index (χ1v) is 11.3. The van der Waals surface area contributed by atoms with Gasteiger partial charge in [0.15, 0.2) is 0 Å². The molecule has 1 aromatic carbocycles. The molecule has 1 saturated heterocycles. The van der Waals surface area contributed by atoms with E-state index in [2.05, 4.69) is 5.32 Å². The zero-order valence-electron chi connectivity index (χ0n) is 15.6. The fourth-order valence-corrected chi connectivity index (χ4v) is 5.88. The van der Waals surface area contributed by atoms with Crippen molar-refractivity contribution in [3.05, 3.63) is 29.8 Å². The Bertz CT molecular complexity index is 799. The van der Waals surface area contributed by atoms with Crippen LogP contribution in [0.25, 0.3) is 0 Å². The van der Waals surface area contributed by atoms with Gasteiger partial charge in [0.05, 0.1) is 22.4 Å². The number of carbonyl (C=O) groups is 1. The first-order valence-electron chi connectivity index (χ1n) is 9.84. The van der Waals surface area contributed by atoms with E-state index < -0.39 is 10.0 Å². The van der Waals surface area contributed by atoms with Crippen molar-refractivity contribution in [3.8, 4) is 6.07 Å².